The number of halogens is 2. The lowest BCUT2D eigenvalue weighted by atomic mass is 9.61. The van der Waals surface area contributed by atoms with Crippen molar-refractivity contribution in [3.05, 3.63) is 69.7 Å². The molecule has 0 radical (unpaired) electrons. The van der Waals surface area contributed by atoms with Crippen LogP contribution in [0, 0.1) is 17.2 Å². The molecule has 2 aromatic carbocycles. The highest BCUT2D eigenvalue weighted by Crippen LogP contribution is 2.52. The number of nitrogens with one attached hydrogen (secondary N) is 1. The summed E-state index contributed by atoms with van der Waals surface area (Å²) in [5.41, 5.74) is 0.517. The van der Waals surface area contributed by atoms with Crippen molar-refractivity contribution in [2.24, 2.45) is 5.92 Å². The van der Waals surface area contributed by atoms with Crippen LogP contribution in [0.1, 0.15) is 49.1 Å². The first kappa shape index (κ1) is 21.2. The zero-order valence-electron chi connectivity index (χ0n) is 16.5. The molecule has 2 aromatic rings. The van der Waals surface area contributed by atoms with Crippen molar-refractivity contribution >= 4 is 29.2 Å². The molecule has 1 aliphatic carbocycles. The molecule has 0 spiro atoms. The van der Waals surface area contributed by atoms with E-state index in [0.29, 0.717) is 10.0 Å². The van der Waals surface area contributed by atoms with Crippen LogP contribution in [0.25, 0.3) is 0 Å². The highest BCUT2D eigenvalue weighted by molar-refractivity contribution is 6.30. The fraction of sp³-hybridized carbons (Fsp3) is 0.417. The summed E-state index contributed by atoms with van der Waals surface area (Å²) in [5, 5.41) is 25.3. The minimum absolute atomic E-state index is 0.236. The number of carboxylic acid groups (broad SMARTS) is 1. The Morgan fingerprint density at radius 1 is 1.07 bits per heavy atom. The van der Waals surface area contributed by atoms with Crippen LogP contribution in [0.15, 0.2) is 48.5 Å². The topological polar surface area (TPSA) is 73.1 Å². The Morgan fingerprint density at radius 3 is 2.37 bits per heavy atom. The van der Waals surface area contributed by atoms with E-state index in [9.17, 15) is 15.2 Å². The normalized spacial score (nSPS) is 29.4. The van der Waals surface area contributed by atoms with E-state index in [0.717, 1.165) is 36.8 Å². The summed E-state index contributed by atoms with van der Waals surface area (Å²) in [5.74, 6) is -1.29. The maximum absolute atomic E-state index is 12.4. The summed E-state index contributed by atoms with van der Waals surface area (Å²) in [7, 11) is 0. The Kier molecular flexibility index (Phi) is 6.06. The second-order valence-corrected chi connectivity index (χ2v) is 9.25. The zero-order valence-corrected chi connectivity index (χ0v) is 18.0. The van der Waals surface area contributed by atoms with Crippen molar-refractivity contribution in [2.45, 2.75) is 55.5 Å². The van der Waals surface area contributed by atoms with Gasteiger partial charge in [-0.05, 0) is 54.2 Å². The fourth-order valence-corrected chi connectivity index (χ4v) is 5.84. The molecule has 2 aliphatic rings. The number of hydrogen-bond donors (Lipinski definition) is 2. The second-order valence-electron chi connectivity index (χ2n) is 8.38. The summed E-state index contributed by atoms with van der Waals surface area (Å²) >= 11 is 12.4. The average molecular weight is 443 g/mol. The molecule has 1 aliphatic heterocycles. The molecule has 1 saturated heterocycles. The first-order valence-electron chi connectivity index (χ1n) is 10.4. The molecule has 6 heteroatoms. The van der Waals surface area contributed by atoms with Gasteiger partial charge >= 0.3 is 5.97 Å². The van der Waals surface area contributed by atoms with Gasteiger partial charge in [0.25, 0.3) is 0 Å². The number of hydrogen-bond acceptors (Lipinski definition) is 3. The Hall–Kier alpha value is -2.06. The molecule has 2 N–H and O–H groups in total. The van der Waals surface area contributed by atoms with E-state index in [-0.39, 0.29) is 12.0 Å². The highest BCUT2D eigenvalue weighted by atomic mass is 35.5. The van der Waals surface area contributed by atoms with Crippen LogP contribution in [0.4, 0.5) is 0 Å². The number of benzene rings is 2. The SMILES string of the molecule is N#C[C@@]1(c2ccc(Cl)cc2)C(c2cccc(Cl)c2)[C@H](C(=O)O)N[C@H]1C1CCCCC1. The van der Waals surface area contributed by atoms with Crippen LogP contribution in [0.2, 0.25) is 10.0 Å². The van der Waals surface area contributed by atoms with Crippen molar-refractivity contribution in [3.8, 4) is 6.07 Å². The van der Waals surface area contributed by atoms with Gasteiger partial charge in [0.1, 0.15) is 11.5 Å². The molecule has 1 heterocycles. The number of nitrogens with zero attached hydrogens (tertiary/aromatic N) is 1. The zero-order chi connectivity index (χ0) is 21.3. The molecule has 156 valence electrons. The number of aliphatic carboxylic acids is 1. The second kappa shape index (κ2) is 8.59. The molecule has 1 saturated carbocycles. The van der Waals surface area contributed by atoms with Gasteiger partial charge in [-0.2, -0.15) is 5.26 Å². The van der Waals surface area contributed by atoms with Crippen LogP contribution >= 0.6 is 23.2 Å². The van der Waals surface area contributed by atoms with Gasteiger partial charge in [-0.25, -0.2) is 0 Å². The van der Waals surface area contributed by atoms with Gasteiger partial charge in [-0.15, -0.1) is 0 Å². The summed E-state index contributed by atoms with van der Waals surface area (Å²) in [4.78, 5) is 12.4. The number of rotatable bonds is 4. The Bertz CT molecular complexity index is 966. The van der Waals surface area contributed by atoms with E-state index in [1.807, 2.05) is 24.3 Å². The van der Waals surface area contributed by atoms with E-state index in [4.69, 9.17) is 23.2 Å². The molecule has 0 bridgehead atoms. The minimum Gasteiger partial charge on any atom is -0.480 e. The minimum atomic E-state index is -1.04. The van der Waals surface area contributed by atoms with Gasteiger partial charge in [-0.3, -0.25) is 10.1 Å². The third kappa shape index (κ3) is 3.60. The van der Waals surface area contributed by atoms with Crippen molar-refractivity contribution in [1.82, 2.24) is 5.32 Å². The number of carboxylic acids is 1. The molecular formula is C24H24Cl2N2O2. The molecule has 1 unspecified atom stereocenters. The van der Waals surface area contributed by atoms with Crippen LogP contribution in [0.5, 0.6) is 0 Å². The molecular weight excluding hydrogens is 419 g/mol. The van der Waals surface area contributed by atoms with Gasteiger partial charge < -0.3 is 5.11 Å². The molecule has 4 atom stereocenters. The van der Waals surface area contributed by atoms with Gasteiger partial charge in [0.05, 0.1) is 6.07 Å². The summed E-state index contributed by atoms with van der Waals surface area (Å²) in [6.45, 7) is 0. The lowest BCUT2D eigenvalue weighted by Crippen LogP contribution is -2.47. The average Bonchev–Trinajstić information content (AvgIpc) is 3.11. The Labute approximate surface area is 186 Å². The first-order chi connectivity index (χ1) is 14.5. The smallest absolute Gasteiger partial charge is 0.321 e. The molecule has 0 aromatic heterocycles. The number of nitriles is 1. The Balaban J connectivity index is 1.94. The largest absolute Gasteiger partial charge is 0.480 e. The number of carbonyl (C=O) groups is 1. The molecule has 0 amide bonds. The molecule has 30 heavy (non-hydrogen) atoms. The first-order valence-corrected chi connectivity index (χ1v) is 11.1. The van der Waals surface area contributed by atoms with Gasteiger partial charge in [0.15, 0.2) is 0 Å². The summed E-state index contributed by atoms with van der Waals surface area (Å²) in [6.07, 6.45) is 5.37. The summed E-state index contributed by atoms with van der Waals surface area (Å²) < 4.78 is 0. The van der Waals surface area contributed by atoms with Crippen LogP contribution in [-0.4, -0.2) is 23.2 Å². The predicted molar refractivity (Wildman–Crippen MR) is 118 cm³/mol. The van der Waals surface area contributed by atoms with E-state index < -0.39 is 23.3 Å². The molecule has 4 rings (SSSR count). The third-order valence-electron chi connectivity index (χ3n) is 6.78. The van der Waals surface area contributed by atoms with Crippen molar-refractivity contribution in [1.29, 1.82) is 5.26 Å². The fourth-order valence-electron chi connectivity index (χ4n) is 5.51. The van der Waals surface area contributed by atoms with E-state index >= 15 is 0 Å². The standard InChI is InChI=1S/C24H24Cl2N2O2/c25-18-11-9-17(10-12-18)24(14-27)20(16-7-4-8-19(26)13-16)21(23(29)30)28-22(24)15-5-2-1-3-6-15/h4,7-13,15,20-22,28H,1-3,5-6H2,(H,29,30)/t20?,21-,22+,24-/m1/s1. The van der Waals surface area contributed by atoms with Gasteiger partial charge in [-0.1, -0.05) is 66.7 Å². The van der Waals surface area contributed by atoms with E-state index in [2.05, 4.69) is 11.4 Å². The lowest BCUT2D eigenvalue weighted by molar-refractivity contribution is -0.139. The van der Waals surface area contributed by atoms with Crippen LogP contribution < -0.4 is 5.32 Å². The van der Waals surface area contributed by atoms with Crippen molar-refractivity contribution < 1.29 is 9.90 Å². The molecule has 2 fully saturated rings. The summed E-state index contributed by atoms with van der Waals surface area (Å²) in [6, 6.07) is 16.0. The van der Waals surface area contributed by atoms with Crippen molar-refractivity contribution in [2.75, 3.05) is 0 Å². The van der Waals surface area contributed by atoms with Crippen LogP contribution in [0.3, 0.4) is 0 Å². The van der Waals surface area contributed by atoms with Gasteiger partial charge in [0.2, 0.25) is 0 Å². The van der Waals surface area contributed by atoms with E-state index in [1.54, 1.807) is 24.3 Å². The third-order valence-corrected chi connectivity index (χ3v) is 7.26. The predicted octanol–water partition coefficient (Wildman–Crippen LogP) is 5.54. The maximum atomic E-state index is 12.4. The van der Waals surface area contributed by atoms with E-state index in [1.165, 1.54) is 6.42 Å². The Morgan fingerprint density at radius 2 is 1.77 bits per heavy atom. The highest BCUT2D eigenvalue weighted by Gasteiger charge is 2.61. The van der Waals surface area contributed by atoms with Crippen LogP contribution in [-0.2, 0) is 10.2 Å². The quantitative estimate of drug-likeness (QED) is 0.651. The monoisotopic (exact) mass is 442 g/mol. The van der Waals surface area contributed by atoms with Crippen molar-refractivity contribution in [3.63, 3.8) is 0 Å². The maximum Gasteiger partial charge on any atom is 0.321 e. The lowest BCUT2D eigenvalue weighted by Gasteiger charge is -2.39. The van der Waals surface area contributed by atoms with Gasteiger partial charge in [0, 0.05) is 22.0 Å². The molecule has 4 nitrogen and oxygen atoms in total.